The molecule has 0 radical (unpaired) electrons. The highest BCUT2D eigenvalue weighted by Crippen LogP contribution is 2.23. The lowest BCUT2D eigenvalue weighted by Gasteiger charge is -2.36. The first kappa shape index (κ1) is 17.7. The third kappa shape index (κ3) is 4.84. The molecule has 0 amide bonds. The van der Waals surface area contributed by atoms with Crippen LogP contribution in [0.2, 0.25) is 0 Å². The Balaban J connectivity index is 3.09. The third-order valence-corrected chi connectivity index (χ3v) is 3.82. The largest absolute Gasteiger partial charge is 0.298 e. The fourth-order valence-corrected chi connectivity index (χ4v) is 2.56. The van der Waals surface area contributed by atoms with E-state index in [9.17, 15) is 5.26 Å². The predicted molar refractivity (Wildman–Crippen MR) is 89.0 cm³/mol. The zero-order chi connectivity index (χ0) is 15.7. The van der Waals surface area contributed by atoms with Gasteiger partial charge in [-0.1, -0.05) is 44.2 Å². The molecule has 1 unspecified atom stereocenters. The first-order chi connectivity index (χ1) is 10.1. The van der Waals surface area contributed by atoms with Gasteiger partial charge in [0.25, 0.3) is 0 Å². The van der Waals surface area contributed by atoms with Gasteiger partial charge in [0.1, 0.15) is 5.54 Å². The number of benzene rings is 1. The van der Waals surface area contributed by atoms with E-state index >= 15 is 0 Å². The molecule has 1 aromatic rings. The average molecular weight is 287 g/mol. The van der Waals surface area contributed by atoms with Crippen LogP contribution in [0.1, 0.15) is 46.1 Å². The summed E-state index contributed by atoms with van der Waals surface area (Å²) in [6.07, 6.45) is 2.12. The number of nitriles is 1. The molecule has 1 N–H and O–H groups in total. The molecule has 116 valence electrons. The molecule has 0 aliphatic heterocycles. The van der Waals surface area contributed by atoms with E-state index in [-0.39, 0.29) is 0 Å². The van der Waals surface area contributed by atoms with Crippen molar-refractivity contribution in [2.75, 3.05) is 19.6 Å². The SMILES string of the molecule is CCCNC(C#N)(CN(CCC)C(C)C)c1ccccc1. The number of rotatable bonds is 9. The maximum Gasteiger partial charge on any atom is 0.145 e. The molecule has 0 saturated heterocycles. The highest BCUT2D eigenvalue weighted by Gasteiger charge is 2.34. The average Bonchev–Trinajstić information content (AvgIpc) is 2.51. The Hall–Kier alpha value is -1.37. The van der Waals surface area contributed by atoms with Gasteiger partial charge in [0, 0.05) is 12.6 Å². The number of hydrogen-bond donors (Lipinski definition) is 1. The molecule has 21 heavy (non-hydrogen) atoms. The van der Waals surface area contributed by atoms with Gasteiger partial charge in [0.05, 0.1) is 6.07 Å². The van der Waals surface area contributed by atoms with Gasteiger partial charge in [0.2, 0.25) is 0 Å². The molecular weight excluding hydrogens is 258 g/mol. The van der Waals surface area contributed by atoms with Crippen LogP contribution in [0.5, 0.6) is 0 Å². The summed E-state index contributed by atoms with van der Waals surface area (Å²) in [6, 6.07) is 13.1. The number of hydrogen-bond acceptors (Lipinski definition) is 3. The molecule has 0 spiro atoms. The van der Waals surface area contributed by atoms with Crippen LogP contribution in [0.4, 0.5) is 0 Å². The van der Waals surface area contributed by atoms with E-state index in [1.807, 2.05) is 18.2 Å². The van der Waals surface area contributed by atoms with Gasteiger partial charge in [-0.25, -0.2) is 0 Å². The standard InChI is InChI=1S/C18H29N3/c1-5-12-20-18(14-19,17-10-8-7-9-11-17)15-21(13-6-2)16(3)4/h7-11,16,20H,5-6,12-13,15H2,1-4H3. The van der Waals surface area contributed by atoms with Crippen LogP contribution in [0.3, 0.4) is 0 Å². The molecular formula is C18H29N3. The van der Waals surface area contributed by atoms with Gasteiger partial charge in [-0.05, 0) is 45.3 Å². The first-order valence-corrected chi connectivity index (χ1v) is 8.05. The van der Waals surface area contributed by atoms with Crippen LogP contribution in [0.15, 0.2) is 30.3 Å². The predicted octanol–water partition coefficient (Wildman–Crippen LogP) is 3.53. The van der Waals surface area contributed by atoms with Crippen LogP contribution < -0.4 is 5.32 Å². The van der Waals surface area contributed by atoms with Crippen molar-refractivity contribution in [1.29, 1.82) is 5.26 Å². The highest BCUT2D eigenvalue weighted by atomic mass is 15.2. The van der Waals surface area contributed by atoms with E-state index in [0.717, 1.165) is 38.0 Å². The maximum atomic E-state index is 9.92. The maximum absolute atomic E-state index is 9.92. The molecule has 3 nitrogen and oxygen atoms in total. The molecule has 1 rings (SSSR count). The van der Waals surface area contributed by atoms with Crippen molar-refractivity contribution < 1.29 is 0 Å². The van der Waals surface area contributed by atoms with Gasteiger partial charge >= 0.3 is 0 Å². The Morgan fingerprint density at radius 3 is 2.33 bits per heavy atom. The van der Waals surface area contributed by atoms with Crippen molar-refractivity contribution in [3.63, 3.8) is 0 Å². The zero-order valence-corrected chi connectivity index (χ0v) is 13.9. The molecule has 1 atom stereocenters. The lowest BCUT2D eigenvalue weighted by Crippen LogP contribution is -2.52. The summed E-state index contributed by atoms with van der Waals surface area (Å²) in [5.74, 6) is 0. The first-order valence-electron chi connectivity index (χ1n) is 8.05. The van der Waals surface area contributed by atoms with Crippen LogP contribution >= 0.6 is 0 Å². The molecule has 1 aromatic carbocycles. The zero-order valence-electron chi connectivity index (χ0n) is 13.9. The minimum absolute atomic E-state index is 0.435. The number of nitrogens with one attached hydrogen (secondary N) is 1. The Morgan fingerprint density at radius 2 is 1.86 bits per heavy atom. The minimum Gasteiger partial charge on any atom is -0.298 e. The summed E-state index contributed by atoms with van der Waals surface area (Å²) >= 11 is 0. The quantitative estimate of drug-likeness (QED) is 0.755. The highest BCUT2D eigenvalue weighted by molar-refractivity contribution is 5.32. The molecule has 0 fully saturated rings. The van der Waals surface area contributed by atoms with Crippen molar-refractivity contribution in [3.05, 3.63) is 35.9 Å². The monoisotopic (exact) mass is 287 g/mol. The summed E-state index contributed by atoms with van der Waals surface area (Å²) in [5.41, 5.74) is 0.430. The van der Waals surface area contributed by atoms with Crippen molar-refractivity contribution >= 4 is 0 Å². The van der Waals surface area contributed by atoms with E-state index < -0.39 is 5.54 Å². The lowest BCUT2D eigenvalue weighted by atomic mass is 9.90. The molecule has 0 bridgehead atoms. The van der Waals surface area contributed by atoms with Crippen molar-refractivity contribution in [1.82, 2.24) is 10.2 Å². The molecule has 0 aliphatic rings. The number of nitrogens with zero attached hydrogens (tertiary/aromatic N) is 2. The Labute approximate surface area is 130 Å². The van der Waals surface area contributed by atoms with Gasteiger partial charge < -0.3 is 0 Å². The summed E-state index contributed by atoms with van der Waals surface area (Å²) in [7, 11) is 0. The van der Waals surface area contributed by atoms with Gasteiger partial charge in [-0.15, -0.1) is 0 Å². The van der Waals surface area contributed by atoms with E-state index in [2.05, 4.69) is 56.1 Å². The Morgan fingerprint density at radius 1 is 1.19 bits per heavy atom. The van der Waals surface area contributed by atoms with E-state index in [1.165, 1.54) is 0 Å². The Bertz CT molecular complexity index is 436. The fraction of sp³-hybridized carbons (Fsp3) is 0.611. The Kier molecular flexibility index (Phi) is 7.42. The second-order valence-electron chi connectivity index (χ2n) is 5.87. The van der Waals surface area contributed by atoms with Crippen molar-refractivity contribution in [2.24, 2.45) is 0 Å². The molecule has 0 aromatic heterocycles. The second-order valence-corrected chi connectivity index (χ2v) is 5.87. The van der Waals surface area contributed by atoms with E-state index in [1.54, 1.807) is 0 Å². The van der Waals surface area contributed by atoms with Crippen molar-refractivity contribution in [2.45, 2.75) is 52.1 Å². The fourth-order valence-electron chi connectivity index (χ4n) is 2.56. The summed E-state index contributed by atoms with van der Waals surface area (Å²) in [6.45, 7) is 11.3. The van der Waals surface area contributed by atoms with E-state index in [4.69, 9.17) is 0 Å². The van der Waals surface area contributed by atoms with Crippen LogP contribution in [-0.4, -0.2) is 30.6 Å². The third-order valence-electron chi connectivity index (χ3n) is 3.82. The van der Waals surface area contributed by atoms with Gasteiger partial charge in [-0.2, -0.15) is 5.26 Å². The molecule has 0 aliphatic carbocycles. The molecule has 0 saturated carbocycles. The van der Waals surface area contributed by atoms with Gasteiger partial charge in [0.15, 0.2) is 0 Å². The smallest absolute Gasteiger partial charge is 0.145 e. The van der Waals surface area contributed by atoms with Crippen LogP contribution in [0.25, 0.3) is 0 Å². The lowest BCUT2D eigenvalue weighted by molar-refractivity contribution is 0.172. The normalized spacial score (nSPS) is 14.1. The van der Waals surface area contributed by atoms with Gasteiger partial charge in [-0.3, -0.25) is 10.2 Å². The van der Waals surface area contributed by atoms with Crippen LogP contribution in [-0.2, 0) is 5.54 Å². The van der Waals surface area contributed by atoms with E-state index in [0.29, 0.717) is 6.04 Å². The summed E-state index contributed by atoms with van der Waals surface area (Å²) in [4.78, 5) is 2.39. The molecule has 3 heteroatoms. The second kappa shape index (κ2) is 8.81. The van der Waals surface area contributed by atoms with Crippen LogP contribution in [0, 0.1) is 11.3 Å². The summed E-state index contributed by atoms with van der Waals surface area (Å²) < 4.78 is 0. The minimum atomic E-state index is -0.628. The molecule has 0 heterocycles. The van der Waals surface area contributed by atoms with Crippen molar-refractivity contribution in [3.8, 4) is 6.07 Å². The topological polar surface area (TPSA) is 39.1 Å². The summed E-state index contributed by atoms with van der Waals surface area (Å²) in [5, 5.41) is 13.4.